The smallest absolute Gasteiger partial charge is 0.332 e. The van der Waals surface area contributed by atoms with Gasteiger partial charge < -0.3 is 17.1 Å². The first-order chi connectivity index (χ1) is 7.76. The maximum absolute atomic E-state index is 6.02. The number of anilines is 1. The van der Waals surface area contributed by atoms with Crippen molar-refractivity contribution in [2.75, 3.05) is 24.9 Å². The summed E-state index contributed by atoms with van der Waals surface area (Å²) >= 11 is 3.44. The first kappa shape index (κ1) is 14.4. The number of methoxy groups -OCH3 is 1. The summed E-state index contributed by atoms with van der Waals surface area (Å²) in [6.07, 6.45) is 2.11. The molecule has 0 amide bonds. The van der Waals surface area contributed by atoms with Gasteiger partial charge in [0.15, 0.2) is 0 Å². The number of benzene rings is 1. The second-order valence-electron chi connectivity index (χ2n) is 3.42. The number of aromatic nitrogens is 1. The molecule has 0 fully saturated rings. The van der Waals surface area contributed by atoms with Crippen molar-refractivity contribution >= 4 is 38.4 Å². The predicted octanol–water partition coefficient (Wildman–Crippen LogP) is -0.853. The van der Waals surface area contributed by atoms with E-state index in [1.165, 1.54) is 10.2 Å². The SMILES string of the molecule is COc1ccc2c(c1)sc(N)[n+]2CCSC.[Cl-]. The highest BCUT2D eigenvalue weighted by Crippen LogP contribution is 2.26. The van der Waals surface area contributed by atoms with Crippen molar-refractivity contribution in [3.63, 3.8) is 0 Å². The zero-order chi connectivity index (χ0) is 11.5. The lowest BCUT2D eigenvalue weighted by Crippen LogP contribution is -3.00. The van der Waals surface area contributed by atoms with Crippen LogP contribution in [0.25, 0.3) is 10.2 Å². The molecule has 0 aliphatic carbocycles. The number of halogens is 1. The lowest BCUT2D eigenvalue weighted by Gasteiger charge is -2.00. The third-order valence-electron chi connectivity index (χ3n) is 2.46. The summed E-state index contributed by atoms with van der Waals surface area (Å²) in [6, 6.07) is 6.08. The van der Waals surface area contributed by atoms with Crippen molar-refractivity contribution in [2.45, 2.75) is 6.54 Å². The van der Waals surface area contributed by atoms with E-state index in [4.69, 9.17) is 10.5 Å². The molecule has 2 N–H and O–H groups in total. The highest BCUT2D eigenvalue weighted by molar-refractivity contribution is 7.98. The number of nitrogens with two attached hydrogens (primary N) is 1. The Labute approximate surface area is 115 Å². The number of hydrogen-bond donors (Lipinski definition) is 1. The molecule has 17 heavy (non-hydrogen) atoms. The van der Waals surface area contributed by atoms with Crippen molar-refractivity contribution in [3.8, 4) is 5.75 Å². The van der Waals surface area contributed by atoms with Gasteiger partial charge in [-0.05, 0) is 29.7 Å². The molecule has 1 aromatic carbocycles. The van der Waals surface area contributed by atoms with Gasteiger partial charge in [-0.15, -0.1) is 0 Å². The van der Waals surface area contributed by atoms with Gasteiger partial charge in [0.05, 0.1) is 11.8 Å². The number of ether oxygens (including phenoxy) is 1. The van der Waals surface area contributed by atoms with Gasteiger partial charge in [-0.2, -0.15) is 11.8 Å². The van der Waals surface area contributed by atoms with Crippen molar-refractivity contribution in [3.05, 3.63) is 18.2 Å². The monoisotopic (exact) mass is 290 g/mol. The molecular weight excluding hydrogens is 276 g/mol. The number of rotatable bonds is 4. The lowest BCUT2D eigenvalue weighted by atomic mass is 10.3. The second kappa shape index (κ2) is 6.33. The van der Waals surface area contributed by atoms with Crippen LogP contribution in [0.15, 0.2) is 18.2 Å². The summed E-state index contributed by atoms with van der Waals surface area (Å²) < 4.78 is 8.55. The number of hydrogen-bond acceptors (Lipinski definition) is 4. The number of thiazole rings is 1. The van der Waals surface area contributed by atoms with Gasteiger partial charge in [-0.3, -0.25) is 5.73 Å². The quantitative estimate of drug-likeness (QED) is 0.746. The molecule has 2 rings (SSSR count). The molecule has 0 spiro atoms. The summed E-state index contributed by atoms with van der Waals surface area (Å²) in [5.74, 6) is 1.96. The Morgan fingerprint density at radius 3 is 2.88 bits per heavy atom. The molecule has 3 nitrogen and oxygen atoms in total. The number of nitrogens with zero attached hydrogens (tertiary/aromatic N) is 1. The van der Waals surface area contributed by atoms with Crippen molar-refractivity contribution in [2.24, 2.45) is 0 Å². The number of thioether (sulfide) groups is 1. The fourth-order valence-corrected chi connectivity index (χ4v) is 2.97. The molecule has 2 aromatic rings. The molecule has 1 heterocycles. The summed E-state index contributed by atoms with van der Waals surface area (Å²) in [7, 11) is 1.68. The van der Waals surface area contributed by atoms with E-state index in [1.54, 1.807) is 18.4 Å². The van der Waals surface area contributed by atoms with E-state index in [0.717, 1.165) is 23.2 Å². The third-order valence-corrected chi connectivity index (χ3v) is 4.02. The zero-order valence-electron chi connectivity index (χ0n) is 9.77. The van der Waals surface area contributed by atoms with Crippen LogP contribution >= 0.6 is 23.1 Å². The number of fused-ring (bicyclic) bond motifs is 1. The molecule has 0 bridgehead atoms. The highest BCUT2D eigenvalue weighted by Gasteiger charge is 2.14. The van der Waals surface area contributed by atoms with Gasteiger partial charge in [0.1, 0.15) is 17.8 Å². The van der Waals surface area contributed by atoms with Gasteiger partial charge in [0, 0.05) is 11.8 Å². The van der Waals surface area contributed by atoms with E-state index in [0.29, 0.717) is 0 Å². The Bertz CT molecular complexity index is 501. The molecule has 0 saturated heterocycles. The highest BCUT2D eigenvalue weighted by atomic mass is 35.5. The minimum atomic E-state index is 0. The van der Waals surface area contributed by atoms with Crippen LogP contribution in [0.3, 0.4) is 0 Å². The number of nitrogen functional groups attached to an aromatic ring is 1. The maximum Gasteiger partial charge on any atom is 0.332 e. The molecule has 0 aliphatic heterocycles. The van der Waals surface area contributed by atoms with Gasteiger partial charge >= 0.3 is 5.13 Å². The van der Waals surface area contributed by atoms with Gasteiger partial charge in [0.2, 0.25) is 0 Å². The molecule has 1 aromatic heterocycles. The molecule has 94 valence electrons. The Morgan fingerprint density at radius 2 is 2.24 bits per heavy atom. The van der Waals surface area contributed by atoms with Crippen LogP contribution in [0, 0.1) is 0 Å². The van der Waals surface area contributed by atoms with Gasteiger partial charge in [0.25, 0.3) is 0 Å². The van der Waals surface area contributed by atoms with E-state index in [9.17, 15) is 0 Å². The Balaban J connectivity index is 0.00000144. The number of aryl methyl sites for hydroxylation is 1. The first-order valence-electron chi connectivity index (χ1n) is 5.01. The molecule has 6 heteroatoms. The van der Waals surface area contributed by atoms with E-state index in [-0.39, 0.29) is 12.4 Å². The zero-order valence-corrected chi connectivity index (χ0v) is 12.2. The molecule has 0 aliphatic rings. The normalized spacial score (nSPS) is 10.2. The van der Waals surface area contributed by atoms with Gasteiger partial charge in [-0.25, -0.2) is 4.57 Å². The fraction of sp³-hybridized carbons (Fsp3) is 0.364. The van der Waals surface area contributed by atoms with Crippen LogP contribution in [-0.4, -0.2) is 19.1 Å². The predicted molar refractivity (Wildman–Crippen MR) is 71.4 cm³/mol. The lowest BCUT2D eigenvalue weighted by molar-refractivity contribution is -0.648. The standard InChI is InChI=1S/C11H14N2OS2.ClH/c1-14-8-3-4-9-10(7-8)16-11(12)13(9)5-6-15-2;/h3-4,7,12H,5-6H2,1-2H3;1H. The van der Waals surface area contributed by atoms with E-state index in [1.807, 2.05) is 23.9 Å². The van der Waals surface area contributed by atoms with E-state index < -0.39 is 0 Å². The average Bonchev–Trinajstić information content (AvgIpc) is 2.61. The second-order valence-corrected chi connectivity index (χ2v) is 5.47. The Morgan fingerprint density at radius 1 is 1.47 bits per heavy atom. The van der Waals surface area contributed by atoms with Crippen molar-refractivity contribution in [1.29, 1.82) is 0 Å². The van der Waals surface area contributed by atoms with E-state index >= 15 is 0 Å². The average molecular weight is 291 g/mol. The maximum atomic E-state index is 6.02. The largest absolute Gasteiger partial charge is 1.00 e. The minimum absolute atomic E-state index is 0. The van der Waals surface area contributed by atoms with Crippen LogP contribution in [0.4, 0.5) is 5.13 Å². The minimum Gasteiger partial charge on any atom is -1.00 e. The van der Waals surface area contributed by atoms with E-state index in [2.05, 4.69) is 16.9 Å². The van der Waals surface area contributed by atoms with Crippen LogP contribution in [0.1, 0.15) is 0 Å². The summed E-state index contributed by atoms with van der Waals surface area (Å²) in [4.78, 5) is 0. The molecule has 0 saturated carbocycles. The summed E-state index contributed by atoms with van der Waals surface area (Å²) in [5.41, 5.74) is 7.21. The first-order valence-corrected chi connectivity index (χ1v) is 7.22. The summed E-state index contributed by atoms with van der Waals surface area (Å²) in [5, 5.41) is 0.859. The van der Waals surface area contributed by atoms with Crippen LogP contribution in [0.5, 0.6) is 5.75 Å². The van der Waals surface area contributed by atoms with Crippen molar-refractivity contribution in [1.82, 2.24) is 0 Å². The van der Waals surface area contributed by atoms with Crippen LogP contribution in [0.2, 0.25) is 0 Å². The fourth-order valence-electron chi connectivity index (χ4n) is 1.63. The third kappa shape index (κ3) is 2.97. The Kier molecular flexibility index (Phi) is 5.36. The molecule has 0 atom stereocenters. The van der Waals surface area contributed by atoms with Crippen LogP contribution in [-0.2, 0) is 6.54 Å². The molecule has 0 radical (unpaired) electrons. The van der Waals surface area contributed by atoms with Gasteiger partial charge in [-0.1, -0.05) is 0 Å². The Hall–Kier alpha value is -0.650. The molecular formula is C11H15ClN2OS2. The topological polar surface area (TPSA) is 39.1 Å². The summed E-state index contributed by atoms with van der Waals surface area (Å²) in [6.45, 7) is 0.958. The van der Waals surface area contributed by atoms with Crippen LogP contribution < -0.4 is 27.4 Å². The van der Waals surface area contributed by atoms with Crippen molar-refractivity contribution < 1.29 is 21.7 Å². The molecule has 0 unspecified atom stereocenters.